The molecule has 23 heavy (non-hydrogen) atoms. The van der Waals surface area contributed by atoms with Crippen molar-refractivity contribution in [2.45, 2.75) is 26.4 Å². The first-order valence-corrected chi connectivity index (χ1v) is 7.37. The molecule has 122 valence electrons. The van der Waals surface area contributed by atoms with Crippen LogP contribution >= 0.6 is 0 Å². The molecule has 0 fully saturated rings. The molecule has 0 bridgehead atoms. The number of carbonyl (C=O) groups is 2. The molecule has 3 N–H and O–H groups in total. The Morgan fingerprint density at radius 2 is 1.87 bits per heavy atom. The minimum absolute atomic E-state index is 0.0151. The highest BCUT2D eigenvalue weighted by Crippen LogP contribution is 2.17. The smallest absolute Gasteiger partial charge is 0.258 e. The Hall–Kier alpha value is -2.60. The third kappa shape index (κ3) is 4.96. The van der Waals surface area contributed by atoms with E-state index < -0.39 is 6.10 Å². The molecule has 1 heterocycles. The Kier molecular flexibility index (Phi) is 5.54. The number of aliphatic hydroxyl groups excluding tert-OH is 1. The van der Waals surface area contributed by atoms with Crippen molar-refractivity contribution in [3.63, 3.8) is 0 Å². The molecule has 1 aromatic carbocycles. The van der Waals surface area contributed by atoms with E-state index in [1.54, 1.807) is 30.3 Å². The SMILES string of the molecule is CC(C)C(O)CC(=O)Nc1cccc(NC(=O)c2ccoc2)c1. The summed E-state index contributed by atoms with van der Waals surface area (Å²) in [6, 6.07) is 8.37. The first-order valence-electron chi connectivity index (χ1n) is 7.37. The summed E-state index contributed by atoms with van der Waals surface area (Å²) in [7, 11) is 0. The van der Waals surface area contributed by atoms with E-state index in [0.717, 1.165) is 0 Å². The number of rotatable bonds is 6. The minimum Gasteiger partial charge on any atom is -0.472 e. The van der Waals surface area contributed by atoms with Gasteiger partial charge in [0.2, 0.25) is 5.91 Å². The third-order valence-electron chi connectivity index (χ3n) is 3.35. The Morgan fingerprint density at radius 1 is 1.17 bits per heavy atom. The van der Waals surface area contributed by atoms with Gasteiger partial charge in [0.15, 0.2) is 0 Å². The predicted octanol–water partition coefficient (Wildman–Crippen LogP) is 2.88. The Balaban J connectivity index is 1.97. The lowest BCUT2D eigenvalue weighted by Crippen LogP contribution is -2.23. The molecule has 0 saturated carbocycles. The van der Waals surface area contributed by atoms with Gasteiger partial charge in [-0.3, -0.25) is 9.59 Å². The molecule has 6 nitrogen and oxygen atoms in total. The van der Waals surface area contributed by atoms with E-state index in [4.69, 9.17) is 4.42 Å². The van der Waals surface area contributed by atoms with E-state index >= 15 is 0 Å². The van der Waals surface area contributed by atoms with Crippen molar-refractivity contribution in [2.75, 3.05) is 10.6 Å². The Morgan fingerprint density at radius 3 is 2.48 bits per heavy atom. The van der Waals surface area contributed by atoms with Crippen molar-refractivity contribution in [1.82, 2.24) is 0 Å². The quantitative estimate of drug-likeness (QED) is 0.764. The number of nitrogens with one attached hydrogen (secondary N) is 2. The number of carbonyl (C=O) groups excluding carboxylic acids is 2. The van der Waals surface area contributed by atoms with Crippen LogP contribution in [0.4, 0.5) is 11.4 Å². The molecule has 1 aromatic heterocycles. The van der Waals surface area contributed by atoms with E-state index in [0.29, 0.717) is 16.9 Å². The standard InChI is InChI=1S/C17H20N2O4/c1-11(2)15(20)9-16(21)18-13-4-3-5-14(8-13)19-17(22)12-6-7-23-10-12/h3-8,10-11,15,20H,9H2,1-2H3,(H,18,21)(H,19,22). The van der Waals surface area contributed by atoms with Gasteiger partial charge in [-0.05, 0) is 30.2 Å². The summed E-state index contributed by atoms with van der Waals surface area (Å²) in [6.07, 6.45) is 2.13. The van der Waals surface area contributed by atoms with Gasteiger partial charge in [-0.2, -0.15) is 0 Å². The lowest BCUT2D eigenvalue weighted by molar-refractivity contribution is -0.118. The molecular weight excluding hydrogens is 296 g/mol. The van der Waals surface area contributed by atoms with Gasteiger partial charge < -0.3 is 20.2 Å². The van der Waals surface area contributed by atoms with Crippen LogP contribution in [0.25, 0.3) is 0 Å². The summed E-state index contributed by atoms with van der Waals surface area (Å²) in [4.78, 5) is 23.8. The molecule has 0 saturated heterocycles. The molecule has 0 aliphatic carbocycles. The minimum atomic E-state index is -0.682. The van der Waals surface area contributed by atoms with Gasteiger partial charge in [-0.15, -0.1) is 0 Å². The normalized spacial score (nSPS) is 12.0. The molecule has 2 aromatic rings. The number of benzene rings is 1. The maximum absolute atomic E-state index is 11.9. The summed E-state index contributed by atoms with van der Waals surface area (Å²) in [5.74, 6) is -0.552. The number of furan rings is 1. The highest BCUT2D eigenvalue weighted by atomic mass is 16.3. The Bertz CT molecular complexity index is 665. The van der Waals surface area contributed by atoms with Gasteiger partial charge in [0.05, 0.1) is 24.4 Å². The van der Waals surface area contributed by atoms with Crippen LogP contribution in [0.2, 0.25) is 0 Å². The lowest BCUT2D eigenvalue weighted by Gasteiger charge is -2.14. The van der Waals surface area contributed by atoms with E-state index in [2.05, 4.69) is 10.6 Å². The van der Waals surface area contributed by atoms with Crippen LogP contribution in [0, 0.1) is 5.92 Å². The van der Waals surface area contributed by atoms with Crippen molar-refractivity contribution in [2.24, 2.45) is 5.92 Å². The van der Waals surface area contributed by atoms with E-state index in [9.17, 15) is 14.7 Å². The summed E-state index contributed by atoms with van der Waals surface area (Å²) < 4.78 is 4.86. The maximum Gasteiger partial charge on any atom is 0.258 e. The number of hydrogen-bond acceptors (Lipinski definition) is 4. The number of amides is 2. The van der Waals surface area contributed by atoms with E-state index in [-0.39, 0.29) is 24.2 Å². The molecule has 2 rings (SSSR count). The molecular formula is C17H20N2O4. The highest BCUT2D eigenvalue weighted by molar-refractivity contribution is 6.04. The molecule has 1 atom stereocenters. The van der Waals surface area contributed by atoms with Gasteiger partial charge in [-0.1, -0.05) is 19.9 Å². The van der Waals surface area contributed by atoms with E-state index in [1.807, 2.05) is 13.8 Å². The fourth-order valence-electron chi connectivity index (χ4n) is 1.91. The molecule has 2 amide bonds. The number of hydrogen-bond donors (Lipinski definition) is 3. The first kappa shape index (κ1) is 16.8. The topological polar surface area (TPSA) is 91.6 Å². The second-order valence-electron chi connectivity index (χ2n) is 5.61. The molecule has 1 unspecified atom stereocenters. The molecule has 6 heteroatoms. The zero-order chi connectivity index (χ0) is 16.8. The van der Waals surface area contributed by atoms with Crippen LogP contribution in [-0.4, -0.2) is 23.0 Å². The zero-order valence-electron chi connectivity index (χ0n) is 13.1. The molecule has 0 spiro atoms. The second kappa shape index (κ2) is 7.60. The van der Waals surface area contributed by atoms with Crippen LogP contribution in [0.15, 0.2) is 47.3 Å². The lowest BCUT2D eigenvalue weighted by atomic mass is 10.0. The van der Waals surface area contributed by atoms with Gasteiger partial charge in [0.1, 0.15) is 6.26 Å². The summed E-state index contributed by atoms with van der Waals surface area (Å²) in [6.45, 7) is 3.70. The fraction of sp³-hybridized carbons (Fsp3) is 0.294. The largest absolute Gasteiger partial charge is 0.472 e. The van der Waals surface area contributed by atoms with Crippen molar-refractivity contribution in [3.8, 4) is 0 Å². The maximum atomic E-state index is 11.9. The van der Waals surface area contributed by atoms with Crippen LogP contribution < -0.4 is 10.6 Å². The van der Waals surface area contributed by atoms with Crippen molar-refractivity contribution in [3.05, 3.63) is 48.4 Å². The van der Waals surface area contributed by atoms with Crippen molar-refractivity contribution < 1.29 is 19.1 Å². The van der Waals surface area contributed by atoms with Gasteiger partial charge in [0.25, 0.3) is 5.91 Å². The fourth-order valence-corrected chi connectivity index (χ4v) is 1.91. The number of aliphatic hydroxyl groups is 1. The van der Waals surface area contributed by atoms with Gasteiger partial charge in [-0.25, -0.2) is 0 Å². The molecule has 0 aliphatic rings. The van der Waals surface area contributed by atoms with Crippen LogP contribution in [0.3, 0.4) is 0 Å². The Labute approximate surface area is 134 Å². The highest BCUT2D eigenvalue weighted by Gasteiger charge is 2.14. The second-order valence-corrected chi connectivity index (χ2v) is 5.61. The third-order valence-corrected chi connectivity index (χ3v) is 3.35. The van der Waals surface area contributed by atoms with Crippen molar-refractivity contribution in [1.29, 1.82) is 0 Å². The van der Waals surface area contributed by atoms with Gasteiger partial charge >= 0.3 is 0 Å². The van der Waals surface area contributed by atoms with Crippen LogP contribution in [0.1, 0.15) is 30.6 Å². The summed E-state index contributed by atoms with van der Waals surface area (Å²) in [5.41, 5.74) is 1.52. The summed E-state index contributed by atoms with van der Waals surface area (Å²) >= 11 is 0. The molecule has 0 radical (unpaired) electrons. The average Bonchev–Trinajstić information content (AvgIpc) is 3.01. The zero-order valence-corrected chi connectivity index (χ0v) is 13.1. The van der Waals surface area contributed by atoms with E-state index in [1.165, 1.54) is 12.5 Å². The monoisotopic (exact) mass is 316 g/mol. The van der Waals surface area contributed by atoms with Gasteiger partial charge in [0, 0.05) is 11.4 Å². The number of anilines is 2. The predicted molar refractivity (Wildman–Crippen MR) is 87.2 cm³/mol. The van der Waals surface area contributed by atoms with Crippen LogP contribution in [-0.2, 0) is 4.79 Å². The average molecular weight is 316 g/mol. The first-order chi connectivity index (χ1) is 11.0. The molecule has 0 aliphatic heterocycles. The van der Waals surface area contributed by atoms with Crippen molar-refractivity contribution >= 4 is 23.2 Å². The van der Waals surface area contributed by atoms with Crippen LogP contribution in [0.5, 0.6) is 0 Å². The summed E-state index contributed by atoms with van der Waals surface area (Å²) in [5, 5.41) is 15.2.